The fourth-order valence-corrected chi connectivity index (χ4v) is 2.41. The lowest BCUT2D eigenvalue weighted by Gasteiger charge is -2.18. The van der Waals surface area contributed by atoms with Gasteiger partial charge in [0, 0.05) is 17.8 Å². The Bertz CT molecular complexity index is 752. The first-order valence-corrected chi connectivity index (χ1v) is 8.24. The Balaban J connectivity index is 1.87. The van der Waals surface area contributed by atoms with Crippen LogP contribution in [0.3, 0.4) is 0 Å². The van der Waals surface area contributed by atoms with E-state index in [2.05, 4.69) is 0 Å². The summed E-state index contributed by atoms with van der Waals surface area (Å²) in [6, 6.07) is 13.7. The van der Waals surface area contributed by atoms with Crippen molar-refractivity contribution < 1.29 is 19.1 Å². The quantitative estimate of drug-likeness (QED) is 0.710. The van der Waals surface area contributed by atoms with Crippen molar-refractivity contribution in [1.29, 1.82) is 0 Å². The van der Waals surface area contributed by atoms with Crippen molar-refractivity contribution >= 4 is 40.8 Å². The molecular weight excluding hydrogens is 365 g/mol. The fourth-order valence-electron chi connectivity index (χ4n) is 1.95. The lowest BCUT2D eigenvalue weighted by Crippen LogP contribution is -2.34. The molecule has 132 valence electrons. The third kappa shape index (κ3) is 5.37. The first-order chi connectivity index (χ1) is 11.9. The lowest BCUT2D eigenvalue weighted by molar-refractivity contribution is -0.154. The van der Waals surface area contributed by atoms with Crippen LogP contribution in [0.1, 0.15) is 6.92 Å². The third-order valence-corrected chi connectivity index (χ3v) is 3.92. The summed E-state index contributed by atoms with van der Waals surface area (Å²) in [6.45, 7) is 1.13. The van der Waals surface area contributed by atoms with Crippen LogP contribution in [0.4, 0.5) is 5.69 Å². The number of hydrogen-bond donors (Lipinski definition) is 0. The fraction of sp³-hybridized carbons (Fsp3) is 0.222. The van der Waals surface area contributed by atoms with Gasteiger partial charge in [0.2, 0.25) is 0 Å². The molecule has 0 fully saturated rings. The van der Waals surface area contributed by atoms with Gasteiger partial charge in [0.05, 0.1) is 5.02 Å². The van der Waals surface area contributed by atoms with E-state index in [9.17, 15) is 9.59 Å². The van der Waals surface area contributed by atoms with Crippen LogP contribution in [-0.2, 0) is 14.3 Å². The molecule has 1 atom stereocenters. The Hall–Kier alpha value is -2.24. The monoisotopic (exact) mass is 381 g/mol. The molecule has 0 aromatic heterocycles. The number of likely N-dealkylation sites (N-methyl/N-ethyl adjacent to an activating group) is 1. The number of rotatable bonds is 6. The highest BCUT2D eigenvalue weighted by atomic mass is 35.5. The highest BCUT2D eigenvalue weighted by Crippen LogP contribution is 2.28. The predicted octanol–water partition coefficient (Wildman–Crippen LogP) is 3.97. The van der Waals surface area contributed by atoms with Gasteiger partial charge in [-0.05, 0) is 37.3 Å². The molecule has 0 heterocycles. The van der Waals surface area contributed by atoms with E-state index in [1.807, 2.05) is 18.2 Å². The zero-order chi connectivity index (χ0) is 18.4. The Morgan fingerprint density at radius 3 is 2.44 bits per heavy atom. The summed E-state index contributed by atoms with van der Waals surface area (Å²) in [5, 5.41) is 0.745. The van der Waals surface area contributed by atoms with Crippen molar-refractivity contribution in [1.82, 2.24) is 0 Å². The van der Waals surface area contributed by atoms with Crippen LogP contribution < -0.4 is 9.64 Å². The Labute approximate surface area is 156 Å². The van der Waals surface area contributed by atoms with Gasteiger partial charge in [0.15, 0.2) is 12.7 Å². The highest BCUT2D eigenvalue weighted by molar-refractivity contribution is 6.35. The standard InChI is InChI=1S/C18H17Cl2NO4/c1-12(25-16-9-8-13(19)10-15(16)20)18(23)24-11-17(22)21(2)14-6-4-3-5-7-14/h3-10,12H,11H2,1-2H3/t12-/m0/s1. The summed E-state index contributed by atoms with van der Waals surface area (Å²) in [5.74, 6) is -0.708. The molecule has 0 saturated carbocycles. The van der Waals surface area contributed by atoms with Gasteiger partial charge in [-0.2, -0.15) is 0 Å². The SMILES string of the molecule is C[C@H](Oc1ccc(Cl)cc1Cl)C(=O)OCC(=O)N(C)c1ccccc1. The van der Waals surface area contributed by atoms with Gasteiger partial charge < -0.3 is 14.4 Å². The summed E-state index contributed by atoms with van der Waals surface area (Å²) in [6.07, 6.45) is -0.923. The minimum Gasteiger partial charge on any atom is -0.477 e. The van der Waals surface area contributed by atoms with E-state index in [-0.39, 0.29) is 17.5 Å². The van der Waals surface area contributed by atoms with Crippen molar-refractivity contribution in [3.63, 3.8) is 0 Å². The van der Waals surface area contributed by atoms with Gasteiger partial charge in [0.25, 0.3) is 5.91 Å². The van der Waals surface area contributed by atoms with Crippen molar-refractivity contribution in [2.45, 2.75) is 13.0 Å². The summed E-state index contributed by atoms with van der Waals surface area (Å²) >= 11 is 11.8. The van der Waals surface area contributed by atoms with Gasteiger partial charge in [-0.3, -0.25) is 4.79 Å². The minimum atomic E-state index is -0.923. The Morgan fingerprint density at radius 2 is 1.80 bits per heavy atom. The molecule has 0 radical (unpaired) electrons. The van der Waals surface area contributed by atoms with E-state index in [0.717, 1.165) is 0 Å². The van der Waals surface area contributed by atoms with Crippen LogP contribution in [0, 0.1) is 0 Å². The van der Waals surface area contributed by atoms with Gasteiger partial charge in [-0.15, -0.1) is 0 Å². The molecule has 5 nitrogen and oxygen atoms in total. The zero-order valence-corrected chi connectivity index (χ0v) is 15.3. The molecule has 2 aromatic rings. The first-order valence-electron chi connectivity index (χ1n) is 7.48. The number of halogens is 2. The third-order valence-electron chi connectivity index (χ3n) is 3.39. The molecule has 0 aliphatic heterocycles. The van der Waals surface area contributed by atoms with Crippen LogP contribution in [-0.4, -0.2) is 31.6 Å². The number of anilines is 1. The number of benzene rings is 2. The van der Waals surface area contributed by atoms with E-state index in [4.69, 9.17) is 32.7 Å². The zero-order valence-electron chi connectivity index (χ0n) is 13.7. The maximum absolute atomic E-state index is 12.1. The van der Waals surface area contributed by atoms with Crippen LogP contribution in [0.2, 0.25) is 10.0 Å². The van der Waals surface area contributed by atoms with E-state index >= 15 is 0 Å². The van der Waals surface area contributed by atoms with Crippen molar-refractivity contribution in [3.8, 4) is 5.75 Å². The lowest BCUT2D eigenvalue weighted by atomic mass is 10.3. The van der Waals surface area contributed by atoms with E-state index < -0.39 is 12.1 Å². The van der Waals surface area contributed by atoms with Crippen LogP contribution in [0.15, 0.2) is 48.5 Å². The summed E-state index contributed by atoms with van der Waals surface area (Å²) in [5.41, 5.74) is 0.709. The Morgan fingerprint density at radius 1 is 1.12 bits per heavy atom. The number of nitrogens with zero attached hydrogens (tertiary/aromatic N) is 1. The number of carbonyl (C=O) groups excluding carboxylic acids is 2. The first kappa shape index (κ1) is 19.1. The minimum absolute atomic E-state index is 0.284. The number of para-hydroxylation sites is 1. The number of esters is 1. The molecule has 0 N–H and O–H groups in total. The summed E-state index contributed by atoms with van der Waals surface area (Å²) < 4.78 is 10.5. The van der Waals surface area contributed by atoms with Crippen molar-refractivity contribution in [2.24, 2.45) is 0 Å². The van der Waals surface area contributed by atoms with Crippen LogP contribution >= 0.6 is 23.2 Å². The maximum Gasteiger partial charge on any atom is 0.347 e. The summed E-state index contributed by atoms with van der Waals surface area (Å²) in [7, 11) is 1.61. The topological polar surface area (TPSA) is 55.8 Å². The predicted molar refractivity (Wildman–Crippen MR) is 97.4 cm³/mol. The number of carbonyl (C=O) groups is 2. The van der Waals surface area contributed by atoms with Gasteiger partial charge in [0.1, 0.15) is 5.75 Å². The molecule has 0 aliphatic carbocycles. The highest BCUT2D eigenvalue weighted by Gasteiger charge is 2.20. The van der Waals surface area contributed by atoms with E-state index in [0.29, 0.717) is 16.5 Å². The van der Waals surface area contributed by atoms with Gasteiger partial charge in [-0.25, -0.2) is 4.79 Å². The second kappa shape index (κ2) is 8.74. The molecule has 2 aromatic carbocycles. The normalized spacial score (nSPS) is 11.5. The molecule has 0 saturated heterocycles. The average molecular weight is 382 g/mol. The molecular formula is C18H17Cl2NO4. The molecule has 0 unspecified atom stereocenters. The van der Waals surface area contributed by atoms with Crippen LogP contribution in [0.25, 0.3) is 0 Å². The maximum atomic E-state index is 12.1. The number of hydrogen-bond acceptors (Lipinski definition) is 4. The van der Waals surface area contributed by atoms with Gasteiger partial charge >= 0.3 is 5.97 Å². The second-order valence-electron chi connectivity index (χ2n) is 5.23. The largest absolute Gasteiger partial charge is 0.477 e. The average Bonchev–Trinajstić information content (AvgIpc) is 2.61. The van der Waals surface area contributed by atoms with Crippen molar-refractivity contribution in [2.75, 3.05) is 18.6 Å². The van der Waals surface area contributed by atoms with Crippen molar-refractivity contribution in [3.05, 3.63) is 58.6 Å². The summed E-state index contributed by atoms with van der Waals surface area (Å²) in [4.78, 5) is 25.5. The second-order valence-corrected chi connectivity index (χ2v) is 6.07. The Kier molecular flexibility index (Phi) is 6.67. The molecule has 7 heteroatoms. The molecule has 25 heavy (non-hydrogen) atoms. The number of ether oxygens (including phenoxy) is 2. The van der Waals surface area contributed by atoms with Crippen LogP contribution in [0.5, 0.6) is 5.75 Å². The van der Waals surface area contributed by atoms with E-state index in [1.165, 1.54) is 17.9 Å². The number of amides is 1. The smallest absolute Gasteiger partial charge is 0.347 e. The molecule has 1 amide bonds. The molecule has 0 aliphatic rings. The molecule has 0 spiro atoms. The molecule has 0 bridgehead atoms. The van der Waals surface area contributed by atoms with Gasteiger partial charge in [-0.1, -0.05) is 41.4 Å². The van der Waals surface area contributed by atoms with E-state index in [1.54, 1.807) is 31.3 Å². The molecule has 2 rings (SSSR count).